The van der Waals surface area contributed by atoms with Crippen LogP contribution in [0.15, 0.2) is 22.8 Å². The zero-order chi connectivity index (χ0) is 18.0. The molecule has 0 bridgehead atoms. The minimum Gasteiger partial charge on any atom is -0.386 e. The van der Waals surface area contributed by atoms with E-state index in [1.165, 1.54) is 11.1 Å². The average Bonchev–Trinajstić information content (AvgIpc) is 2.86. The molecule has 0 aromatic rings. The summed E-state index contributed by atoms with van der Waals surface area (Å²) in [6.45, 7) is 6.03. The Bertz CT molecular complexity index is 698. The first-order chi connectivity index (χ1) is 11.8. The highest BCUT2D eigenvalue weighted by Gasteiger charge is 2.62. The molecule has 0 saturated heterocycles. The minimum atomic E-state index is -0.870. The molecule has 0 heterocycles. The summed E-state index contributed by atoms with van der Waals surface area (Å²) in [5.41, 5.74) is 3.96. The minimum absolute atomic E-state index is 0.0124. The number of hydrogen-bond acceptors (Lipinski definition) is 3. The first kappa shape index (κ1) is 17.2. The summed E-state index contributed by atoms with van der Waals surface area (Å²) < 4.78 is 0. The number of carbonyl (C=O) groups excluding carboxylic acids is 2. The lowest BCUT2D eigenvalue weighted by molar-refractivity contribution is -0.144. The lowest BCUT2D eigenvalue weighted by Crippen LogP contribution is -2.50. The van der Waals surface area contributed by atoms with Crippen molar-refractivity contribution in [3.63, 3.8) is 0 Å². The molecule has 0 aromatic heterocycles. The van der Waals surface area contributed by atoms with Crippen LogP contribution in [-0.4, -0.2) is 22.8 Å². The van der Waals surface area contributed by atoms with Gasteiger partial charge in [0.1, 0.15) is 6.10 Å². The van der Waals surface area contributed by atoms with E-state index in [1.54, 1.807) is 12.5 Å². The Balaban J connectivity index is 1.72. The average molecular weight is 342 g/mol. The molecule has 2 fully saturated rings. The van der Waals surface area contributed by atoms with Gasteiger partial charge in [0.25, 0.3) is 0 Å². The Morgan fingerprint density at radius 3 is 2.64 bits per heavy atom. The fraction of sp³-hybridized carbons (Fsp3) is 0.727. The van der Waals surface area contributed by atoms with E-state index in [0.717, 1.165) is 44.9 Å². The molecule has 2 saturated carbocycles. The van der Waals surface area contributed by atoms with Crippen molar-refractivity contribution in [2.75, 3.05) is 0 Å². The summed E-state index contributed by atoms with van der Waals surface area (Å²) in [6.07, 6.45) is 8.82. The third-order valence-corrected chi connectivity index (χ3v) is 8.26. The summed E-state index contributed by atoms with van der Waals surface area (Å²) in [6, 6.07) is 0. The van der Waals surface area contributed by atoms with Gasteiger partial charge in [0.15, 0.2) is 11.6 Å². The monoisotopic (exact) mass is 342 g/mol. The highest BCUT2D eigenvalue weighted by Crippen LogP contribution is 2.67. The van der Waals surface area contributed by atoms with Gasteiger partial charge in [0.2, 0.25) is 0 Å². The molecular formula is C22H30O3. The van der Waals surface area contributed by atoms with Gasteiger partial charge >= 0.3 is 0 Å². The smallest absolute Gasteiger partial charge is 0.167 e. The summed E-state index contributed by atoms with van der Waals surface area (Å²) in [5, 5.41) is 9.96. The van der Waals surface area contributed by atoms with Crippen molar-refractivity contribution >= 4 is 11.6 Å². The molecule has 0 aromatic carbocycles. The van der Waals surface area contributed by atoms with E-state index >= 15 is 0 Å². The molecule has 1 unspecified atom stereocenters. The van der Waals surface area contributed by atoms with Gasteiger partial charge in [-0.05, 0) is 86.3 Å². The van der Waals surface area contributed by atoms with Crippen molar-refractivity contribution < 1.29 is 14.7 Å². The third-order valence-electron chi connectivity index (χ3n) is 8.26. The highest BCUT2D eigenvalue weighted by atomic mass is 16.3. The molecule has 4 aliphatic rings. The first-order valence-corrected chi connectivity index (χ1v) is 9.96. The SMILES string of the molecule is CC(O)C(=O)[C@@]1(C)CC[C@H]2[C@@H]3CCC4=CC(=O)CCC4=C3CC[C@@]21C. The second-order valence-corrected chi connectivity index (χ2v) is 9.22. The Hall–Kier alpha value is -1.22. The molecule has 136 valence electrons. The number of rotatable bonds is 2. The van der Waals surface area contributed by atoms with Crippen LogP contribution in [0.1, 0.15) is 72.1 Å². The van der Waals surface area contributed by atoms with Crippen LogP contribution in [0, 0.1) is 22.7 Å². The number of hydrogen-bond donors (Lipinski definition) is 1. The number of Topliss-reactive ketones (excluding diaryl/α,β-unsaturated/α-hetero) is 1. The molecule has 1 N–H and O–H groups in total. The van der Waals surface area contributed by atoms with Crippen molar-refractivity contribution in [3.8, 4) is 0 Å². The Morgan fingerprint density at radius 1 is 1.16 bits per heavy atom. The van der Waals surface area contributed by atoms with Crippen molar-refractivity contribution in [1.82, 2.24) is 0 Å². The summed E-state index contributed by atoms with van der Waals surface area (Å²) in [7, 11) is 0. The number of allylic oxidation sites excluding steroid dienone is 4. The highest BCUT2D eigenvalue weighted by molar-refractivity contribution is 5.93. The quantitative estimate of drug-likeness (QED) is 0.820. The fourth-order valence-corrected chi connectivity index (χ4v) is 6.67. The Labute approximate surface area is 150 Å². The topological polar surface area (TPSA) is 54.4 Å². The third kappa shape index (κ3) is 2.27. The second-order valence-electron chi connectivity index (χ2n) is 9.22. The largest absolute Gasteiger partial charge is 0.386 e. The van der Waals surface area contributed by atoms with Crippen LogP contribution >= 0.6 is 0 Å². The van der Waals surface area contributed by atoms with E-state index in [1.807, 2.05) is 6.08 Å². The van der Waals surface area contributed by atoms with Crippen LogP contribution in [0.25, 0.3) is 0 Å². The predicted molar refractivity (Wildman–Crippen MR) is 96.9 cm³/mol. The first-order valence-electron chi connectivity index (χ1n) is 9.96. The lowest BCUT2D eigenvalue weighted by atomic mass is 9.51. The van der Waals surface area contributed by atoms with E-state index in [0.29, 0.717) is 18.3 Å². The Kier molecular flexibility index (Phi) is 3.88. The molecule has 4 aliphatic carbocycles. The van der Waals surface area contributed by atoms with Crippen LogP contribution in [0.3, 0.4) is 0 Å². The van der Waals surface area contributed by atoms with Gasteiger partial charge in [-0.1, -0.05) is 19.4 Å². The zero-order valence-corrected chi connectivity index (χ0v) is 15.7. The van der Waals surface area contributed by atoms with Crippen molar-refractivity contribution in [1.29, 1.82) is 0 Å². The molecular weight excluding hydrogens is 312 g/mol. The summed E-state index contributed by atoms with van der Waals surface area (Å²) >= 11 is 0. The van der Waals surface area contributed by atoms with Crippen molar-refractivity contribution in [2.45, 2.75) is 78.2 Å². The van der Waals surface area contributed by atoms with Crippen LogP contribution in [0.2, 0.25) is 0 Å². The van der Waals surface area contributed by atoms with Crippen molar-refractivity contribution in [2.24, 2.45) is 22.7 Å². The van der Waals surface area contributed by atoms with Gasteiger partial charge in [-0.2, -0.15) is 0 Å². The van der Waals surface area contributed by atoms with Crippen LogP contribution < -0.4 is 0 Å². The van der Waals surface area contributed by atoms with Gasteiger partial charge in [0, 0.05) is 11.8 Å². The van der Waals surface area contributed by atoms with E-state index in [2.05, 4.69) is 13.8 Å². The van der Waals surface area contributed by atoms with Crippen LogP contribution in [0.4, 0.5) is 0 Å². The van der Waals surface area contributed by atoms with Crippen molar-refractivity contribution in [3.05, 3.63) is 22.8 Å². The fourth-order valence-electron chi connectivity index (χ4n) is 6.67. The van der Waals surface area contributed by atoms with E-state index in [-0.39, 0.29) is 17.0 Å². The summed E-state index contributed by atoms with van der Waals surface area (Å²) in [4.78, 5) is 24.6. The molecule has 25 heavy (non-hydrogen) atoms. The number of carbonyl (C=O) groups is 2. The van der Waals surface area contributed by atoms with Crippen LogP contribution in [-0.2, 0) is 9.59 Å². The van der Waals surface area contributed by atoms with Crippen LogP contribution in [0.5, 0.6) is 0 Å². The molecule has 0 amide bonds. The maximum absolute atomic E-state index is 12.8. The molecule has 0 spiro atoms. The molecule has 3 heteroatoms. The standard InChI is InChI=1S/C22H30O3/c1-13(23)20(25)22(3)11-9-19-18-6-4-14-12-15(24)5-7-16(14)17(18)8-10-21(19,22)2/h12-13,18-19,23H,4-11H2,1-3H3/t13?,18-,19+,21+,22-/m1/s1. The number of aliphatic hydroxyl groups is 1. The van der Waals surface area contributed by atoms with E-state index in [4.69, 9.17) is 0 Å². The number of fused-ring (bicyclic) bond motifs is 4. The van der Waals surface area contributed by atoms with Gasteiger partial charge in [0.05, 0.1) is 0 Å². The number of ketones is 2. The predicted octanol–water partition coefficient (Wildman–Crippen LogP) is 4.15. The van der Waals surface area contributed by atoms with Gasteiger partial charge in [-0.25, -0.2) is 0 Å². The lowest BCUT2D eigenvalue weighted by Gasteiger charge is -2.52. The molecule has 4 rings (SSSR count). The second kappa shape index (κ2) is 5.64. The van der Waals surface area contributed by atoms with Gasteiger partial charge in [-0.3, -0.25) is 9.59 Å². The maximum atomic E-state index is 12.8. The maximum Gasteiger partial charge on any atom is 0.167 e. The molecule has 3 nitrogen and oxygen atoms in total. The Morgan fingerprint density at radius 2 is 1.92 bits per heavy atom. The van der Waals surface area contributed by atoms with E-state index < -0.39 is 11.5 Å². The molecule has 0 radical (unpaired) electrons. The van der Waals surface area contributed by atoms with Gasteiger partial charge in [-0.15, -0.1) is 0 Å². The molecule has 5 atom stereocenters. The molecule has 0 aliphatic heterocycles. The summed E-state index contributed by atoms with van der Waals surface area (Å²) in [5.74, 6) is 1.43. The van der Waals surface area contributed by atoms with Gasteiger partial charge < -0.3 is 5.11 Å². The zero-order valence-electron chi connectivity index (χ0n) is 15.7. The number of aliphatic hydroxyl groups excluding tert-OH is 1. The van der Waals surface area contributed by atoms with E-state index in [9.17, 15) is 14.7 Å². The normalized spacial score (nSPS) is 41.6.